The van der Waals surface area contributed by atoms with Crippen molar-refractivity contribution in [2.45, 2.75) is 18.8 Å². The van der Waals surface area contributed by atoms with E-state index in [2.05, 4.69) is 4.99 Å². The van der Waals surface area contributed by atoms with Gasteiger partial charge < -0.3 is 4.74 Å². The summed E-state index contributed by atoms with van der Waals surface area (Å²) >= 11 is 13.5. The van der Waals surface area contributed by atoms with E-state index in [-0.39, 0.29) is 5.91 Å². The number of para-hydroxylation sites is 1. The van der Waals surface area contributed by atoms with Crippen molar-refractivity contribution in [3.05, 3.63) is 64.1 Å². The monoisotopic (exact) mass is 408 g/mol. The van der Waals surface area contributed by atoms with Crippen LogP contribution >= 0.6 is 35.0 Å². The number of halogens is 2. The second kappa shape index (κ2) is 8.80. The molecule has 1 unspecified atom stereocenters. The van der Waals surface area contributed by atoms with Crippen LogP contribution in [0.3, 0.4) is 0 Å². The fraction of sp³-hybridized carbons (Fsp3) is 0.263. The van der Waals surface area contributed by atoms with Gasteiger partial charge in [-0.3, -0.25) is 14.7 Å². The smallest absolute Gasteiger partial charge is 0.269 e. The zero-order chi connectivity index (χ0) is 18.5. The molecule has 0 saturated heterocycles. The zero-order valence-corrected chi connectivity index (χ0v) is 16.5. The number of thioether (sulfide) groups is 1. The molecule has 3 rings (SSSR count). The van der Waals surface area contributed by atoms with E-state index in [0.29, 0.717) is 39.8 Å². The molecular weight excluding hydrogens is 391 g/mol. The lowest BCUT2D eigenvalue weighted by Crippen LogP contribution is -2.41. The molecule has 0 fully saturated rings. The van der Waals surface area contributed by atoms with Gasteiger partial charge in [0.1, 0.15) is 5.75 Å². The van der Waals surface area contributed by atoms with E-state index in [4.69, 9.17) is 27.9 Å². The maximum Gasteiger partial charge on any atom is 0.269 e. The Bertz CT molecular complexity index is 814. The van der Waals surface area contributed by atoms with Crippen LogP contribution < -0.4 is 4.74 Å². The summed E-state index contributed by atoms with van der Waals surface area (Å²) in [7, 11) is 0. The Morgan fingerprint density at radius 2 is 2.00 bits per heavy atom. The summed E-state index contributed by atoms with van der Waals surface area (Å²) in [6.07, 6.45) is -0.578. The number of hydrogen-bond acceptors (Lipinski definition) is 4. The Morgan fingerprint density at radius 1 is 1.23 bits per heavy atom. The van der Waals surface area contributed by atoms with E-state index in [1.807, 2.05) is 42.5 Å². The highest BCUT2D eigenvalue weighted by atomic mass is 35.5. The van der Waals surface area contributed by atoms with E-state index in [9.17, 15) is 4.79 Å². The summed E-state index contributed by atoms with van der Waals surface area (Å²) in [5.74, 6) is 1.24. The van der Waals surface area contributed by atoms with Crippen LogP contribution in [0.5, 0.6) is 5.75 Å². The number of benzene rings is 2. The summed E-state index contributed by atoms with van der Waals surface area (Å²) in [5.41, 5.74) is 1.03. The van der Waals surface area contributed by atoms with E-state index >= 15 is 0 Å². The minimum Gasteiger partial charge on any atom is -0.481 e. The molecule has 1 amide bonds. The fourth-order valence-electron chi connectivity index (χ4n) is 2.51. The molecule has 7 heteroatoms. The van der Waals surface area contributed by atoms with Crippen LogP contribution in [-0.4, -0.2) is 35.2 Å². The lowest BCUT2D eigenvalue weighted by atomic mass is 10.2. The Kier molecular flexibility index (Phi) is 6.46. The van der Waals surface area contributed by atoms with Crippen molar-refractivity contribution in [2.24, 2.45) is 4.99 Å². The zero-order valence-electron chi connectivity index (χ0n) is 14.2. The van der Waals surface area contributed by atoms with Crippen LogP contribution in [-0.2, 0) is 10.5 Å². The third-order valence-corrected chi connectivity index (χ3v) is 5.65. The number of rotatable bonds is 5. The lowest BCUT2D eigenvalue weighted by molar-refractivity contribution is -0.133. The highest BCUT2D eigenvalue weighted by Crippen LogP contribution is 2.26. The number of amides is 1. The van der Waals surface area contributed by atoms with Gasteiger partial charge >= 0.3 is 0 Å². The average Bonchev–Trinajstić information content (AvgIpc) is 3.11. The predicted molar refractivity (Wildman–Crippen MR) is 108 cm³/mol. The highest BCUT2D eigenvalue weighted by molar-refractivity contribution is 8.13. The second-order valence-electron chi connectivity index (χ2n) is 5.76. The normalized spacial score (nSPS) is 14.9. The van der Waals surface area contributed by atoms with Gasteiger partial charge in [0.15, 0.2) is 11.3 Å². The Morgan fingerprint density at radius 3 is 2.73 bits per heavy atom. The molecule has 136 valence electrons. The number of aliphatic imine (C=N–C) groups is 1. The van der Waals surface area contributed by atoms with Gasteiger partial charge in [0.2, 0.25) is 0 Å². The van der Waals surface area contributed by atoms with Crippen molar-refractivity contribution in [1.82, 2.24) is 4.90 Å². The topological polar surface area (TPSA) is 41.9 Å². The quantitative estimate of drug-likeness (QED) is 0.706. The molecule has 0 bridgehead atoms. The molecule has 1 aliphatic rings. The van der Waals surface area contributed by atoms with Crippen LogP contribution in [0.1, 0.15) is 12.5 Å². The molecule has 1 atom stereocenters. The SMILES string of the molecule is CC(Oc1ccccc1)C(=O)N1CCN=C1SCc1ccc(Cl)c(Cl)c1. The summed E-state index contributed by atoms with van der Waals surface area (Å²) in [6, 6.07) is 14.9. The van der Waals surface area contributed by atoms with Gasteiger partial charge in [-0.1, -0.05) is 59.2 Å². The number of carbonyl (C=O) groups is 1. The van der Waals surface area contributed by atoms with Crippen molar-refractivity contribution in [3.63, 3.8) is 0 Å². The molecular formula is C19H18Cl2N2O2S. The maximum absolute atomic E-state index is 12.7. The summed E-state index contributed by atoms with van der Waals surface area (Å²) < 4.78 is 5.74. The van der Waals surface area contributed by atoms with E-state index in [1.165, 1.54) is 11.8 Å². The van der Waals surface area contributed by atoms with Crippen LogP contribution in [0.25, 0.3) is 0 Å². The minimum atomic E-state index is -0.578. The number of ether oxygens (including phenoxy) is 1. The number of amidine groups is 1. The maximum atomic E-state index is 12.7. The van der Waals surface area contributed by atoms with Crippen molar-refractivity contribution in [1.29, 1.82) is 0 Å². The van der Waals surface area contributed by atoms with Gasteiger partial charge in [0, 0.05) is 12.3 Å². The molecule has 2 aromatic carbocycles. The molecule has 4 nitrogen and oxygen atoms in total. The van der Waals surface area contributed by atoms with Crippen LogP contribution in [0.2, 0.25) is 10.0 Å². The van der Waals surface area contributed by atoms with Gasteiger partial charge in [-0.05, 0) is 36.8 Å². The molecule has 0 radical (unpaired) electrons. The van der Waals surface area contributed by atoms with Crippen molar-refractivity contribution in [2.75, 3.05) is 13.1 Å². The standard InChI is InChI=1S/C19H18Cl2N2O2S/c1-13(25-15-5-3-2-4-6-15)18(24)23-10-9-22-19(23)26-12-14-7-8-16(20)17(21)11-14/h2-8,11,13H,9-10,12H2,1H3. The van der Waals surface area contributed by atoms with Gasteiger partial charge in [0.05, 0.1) is 16.6 Å². The van der Waals surface area contributed by atoms with E-state index in [0.717, 1.165) is 5.56 Å². The summed E-state index contributed by atoms with van der Waals surface area (Å²) in [4.78, 5) is 18.9. The molecule has 1 aliphatic heterocycles. The third kappa shape index (κ3) is 4.72. The van der Waals surface area contributed by atoms with E-state index in [1.54, 1.807) is 17.9 Å². The minimum absolute atomic E-state index is 0.0910. The average molecular weight is 409 g/mol. The molecule has 26 heavy (non-hydrogen) atoms. The number of nitrogens with zero attached hydrogens (tertiary/aromatic N) is 2. The Hall–Kier alpha value is -1.69. The first-order valence-corrected chi connectivity index (χ1v) is 9.93. The predicted octanol–water partition coefficient (Wildman–Crippen LogP) is 4.89. The van der Waals surface area contributed by atoms with Gasteiger partial charge in [-0.25, -0.2) is 0 Å². The van der Waals surface area contributed by atoms with Crippen LogP contribution in [0.4, 0.5) is 0 Å². The Balaban J connectivity index is 1.60. The molecule has 0 spiro atoms. The molecule has 1 heterocycles. The third-order valence-electron chi connectivity index (χ3n) is 3.82. The summed E-state index contributed by atoms with van der Waals surface area (Å²) in [5, 5.41) is 1.77. The highest BCUT2D eigenvalue weighted by Gasteiger charge is 2.29. The largest absolute Gasteiger partial charge is 0.481 e. The number of carbonyl (C=O) groups excluding carboxylic acids is 1. The van der Waals surface area contributed by atoms with Crippen molar-refractivity contribution >= 4 is 46.0 Å². The van der Waals surface area contributed by atoms with Gasteiger partial charge in [0.25, 0.3) is 5.91 Å². The first kappa shape index (κ1) is 19.1. The molecule has 0 N–H and O–H groups in total. The molecule has 2 aromatic rings. The van der Waals surface area contributed by atoms with Gasteiger partial charge in [-0.15, -0.1) is 0 Å². The lowest BCUT2D eigenvalue weighted by Gasteiger charge is -2.22. The van der Waals surface area contributed by atoms with Crippen LogP contribution in [0.15, 0.2) is 53.5 Å². The van der Waals surface area contributed by atoms with Crippen LogP contribution in [0, 0.1) is 0 Å². The second-order valence-corrected chi connectivity index (χ2v) is 7.52. The number of hydrogen-bond donors (Lipinski definition) is 0. The fourth-order valence-corrected chi connectivity index (χ4v) is 3.82. The first-order valence-electron chi connectivity index (χ1n) is 8.19. The van der Waals surface area contributed by atoms with E-state index < -0.39 is 6.10 Å². The molecule has 0 aliphatic carbocycles. The summed E-state index contributed by atoms with van der Waals surface area (Å²) in [6.45, 7) is 2.94. The van der Waals surface area contributed by atoms with Crippen molar-refractivity contribution < 1.29 is 9.53 Å². The molecule has 0 saturated carbocycles. The van der Waals surface area contributed by atoms with Crippen molar-refractivity contribution in [3.8, 4) is 5.75 Å². The first-order chi connectivity index (χ1) is 12.5. The molecule has 0 aromatic heterocycles. The Labute approximate surface area is 167 Å². The van der Waals surface area contributed by atoms with Gasteiger partial charge in [-0.2, -0.15) is 0 Å².